The molecule has 1 heterocycles. The lowest BCUT2D eigenvalue weighted by molar-refractivity contribution is 0.600. The second-order valence-corrected chi connectivity index (χ2v) is 6.85. The molecule has 20 heavy (non-hydrogen) atoms. The van der Waals surface area contributed by atoms with Crippen molar-refractivity contribution in [2.45, 2.75) is 11.8 Å². The van der Waals surface area contributed by atoms with Gasteiger partial charge in [-0.25, -0.2) is 8.42 Å². The third-order valence-corrected chi connectivity index (χ3v) is 5.36. The monoisotopic (exact) mass is 353 g/mol. The topological polar surface area (TPSA) is 64.0 Å². The Bertz CT molecular complexity index is 771. The second-order valence-electron chi connectivity index (χ2n) is 4.06. The number of aryl methyl sites for hydroxylation is 2. The van der Waals surface area contributed by atoms with Crippen LogP contribution < -0.4 is 4.72 Å². The first-order valence-electron chi connectivity index (χ1n) is 5.39. The van der Waals surface area contributed by atoms with Crippen molar-refractivity contribution in [1.82, 2.24) is 9.78 Å². The van der Waals surface area contributed by atoms with E-state index in [-0.39, 0.29) is 15.1 Å². The third-order valence-electron chi connectivity index (χ3n) is 2.54. The summed E-state index contributed by atoms with van der Waals surface area (Å²) in [7, 11) is -2.29. The summed E-state index contributed by atoms with van der Waals surface area (Å²) >= 11 is 17.6. The number of hydrogen-bond acceptors (Lipinski definition) is 3. The highest BCUT2D eigenvalue weighted by Gasteiger charge is 2.25. The van der Waals surface area contributed by atoms with E-state index in [1.807, 2.05) is 0 Å². The molecule has 0 aliphatic rings. The molecular weight excluding hydrogens is 345 g/mol. The molecule has 0 amide bonds. The minimum absolute atomic E-state index is 0.0371. The number of benzene rings is 1. The zero-order valence-electron chi connectivity index (χ0n) is 10.5. The lowest BCUT2D eigenvalue weighted by Crippen LogP contribution is -2.14. The average molecular weight is 355 g/mol. The summed E-state index contributed by atoms with van der Waals surface area (Å²) in [6.45, 7) is 1.56. The van der Waals surface area contributed by atoms with Gasteiger partial charge in [0, 0.05) is 7.05 Å². The fourth-order valence-corrected chi connectivity index (χ4v) is 3.78. The van der Waals surface area contributed by atoms with Crippen molar-refractivity contribution in [1.29, 1.82) is 0 Å². The van der Waals surface area contributed by atoms with Gasteiger partial charge in [-0.2, -0.15) is 5.10 Å². The Morgan fingerprint density at radius 3 is 2.35 bits per heavy atom. The van der Waals surface area contributed by atoms with Crippen molar-refractivity contribution in [3.05, 3.63) is 39.1 Å². The zero-order valence-corrected chi connectivity index (χ0v) is 13.6. The van der Waals surface area contributed by atoms with Gasteiger partial charge in [0.1, 0.15) is 10.0 Å². The van der Waals surface area contributed by atoms with Gasteiger partial charge in [-0.1, -0.05) is 34.8 Å². The van der Waals surface area contributed by atoms with Gasteiger partial charge in [0.25, 0.3) is 10.0 Å². The molecule has 2 aromatic rings. The van der Waals surface area contributed by atoms with Crippen molar-refractivity contribution >= 4 is 50.5 Å². The van der Waals surface area contributed by atoms with Crippen LogP contribution in [0.15, 0.2) is 23.1 Å². The first kappa shape index (κ1) is 15.4. The smallest absolute Gasteiger partial charge is 0.266 e. The van der Waals surface area contributed by atoms with E-state index >= 15 is 0 Å². The predicted molar refractivity (Wildman–Crippen MR) is 80.2 cm³/mol. The molecule has 108 valence electrons. The van der Waals surface area contributed by atoms with Crippen LogP contribution in [0.5, 0.6) is 0 Å². The van der Waals surface area contributed by atoms with Crippen LogP contribution >= 0.6 is 34.8 Å². The fraction of sp³-hybridized carbons (Fsp3) is 0.182. The fourth-order valence-electron chi connectivity index (χ4n) is 1.68. The van der Waals surface area contributed by atoms with E-state index in [0.717, 1.165) is 0 Å². The maximum atomic E-state index is 12.3. The number of rotatable bonds is 3. The maximum absolute atomic E-state index is 12.3. The number of nitrogens with zero attached hydrogens (tertiary/aromatic N) is 2. The standard InChI is InChI=1S/C11H10Cl3N3O2S/c1-6-10(11(14)17(2)15-6)20(18,19)16-7-3-4-8(12)9(13)5-7/h3-5,16H,1-2H3. The summed E-state index contributed by atoms with van der Waals surface area (Å²) in [5.74, 6) is 0. The summed E-state index contributed by atoms with van der Waals surface area (Å²) in [6.07, 6.45) is 0. The quantitative estimate of drug-likeness (QED) is 0.917. The Labute approximate surface area is 131 Å². The number of nitrogens with one attached hydrogen (secondary N) is 1. The van der Waals surface area contributed by atoms with Crippen LogP contribution in [0, 0.1) is 6.92 Å². The van der Waals surface area contributed by atoms with Gasteiger partial charge in [-0.05, 0) is 25.1 Å². The van der Waals surface area contributed by atoms with Crippen LogP contribution in [0.2, 0.25) is 15.2 Å². The molecule has 2 rings (SSSR count). The molecule has 0 atom stereocenters. The number of halogens is 3. The molecule has 0 saturated heterocycles. The van der Waals surface area contributed by atoms with Crippen LogP contribution in [-0.4, -0.2) is 18.2 Å². The van der Waals surface area contributed by atoms with Crippen molar-refractivity contribution in [2.75, 3.05) is 4.72 Å². The van der Waals surface area contributed by atoms with E-state index < -0.39 is 10.0 Å². The number of sulfonamides is 1. The first-order chi connectivity index (χ1) is 9.22. The Kier molecular flexibility index (Phi) is 4.20. The third kappa shape index (κ3) is 2.88. The summed E-state index contributed by atoms with van der Waals surface area (Å²) in [5.41, 5.74) is 0.601. The zero-order chi connectivity index (χ0) is 15.1. The van der Waals surface area contributed by atoms with Gasteiger partial charge in [0.2, 0.25) is 0 Å². The summed E-state index contributed by atoms with van der Waals surface area (Å²) in [5, 5.41) is 4.59. The van der Waals surface area contributed by atoms with Crippen LogP contribution in [0.25, 0.3) is 0 Å². The minimum atomic E-state index is -3.85. The van der Waals surface area contributed by atoms with Crippen LogP contribution in [0.3, 0.4) is 0 Å². The van der Waals surface area contributed by atoms with Gasteiger partial charge >= 0.3 is 0 Å². The lowest BCUT2D eigenvalue weighted by Gasteiger charge is -2.08. The molecule has 1 aromatic heterocycles. The Morgan fingerprint density at radius 2 is 1.85 bits per heavy atom. The van der Waals surface area contributed by atoms with Gasteiger partial charge in [-0.15, -0.1) is 0 Å². The van der Waals surface area contributed by atoms with Crippen LogP contribution in [-0.2, 0) is 17.1 Å². The molecule has 0 unspecified atom stereocenters. The minimum Gasteiger partial charge on any atom is -0.279 e. The number of hydrogen-bond donors (Lipinski definition) is 1. The molecule has 0 fully saturated rings. The van der Waals surface area contributed by atoms with E-state index in [4.69, 9.17) is 34.8 Å². The summed E-state index contributed by atoms with van der Waals surface area (Å²) < 4.78 is 28.3. The highest BCUT2D eigenvalue weighted by Crippen LogP contribution is 2.29. The molecule has 1 N–H and O–H groups in total. The highest BCUT2D eigenvalue weighted by molar-refractivity contribution is 7.92. The number of aromatic nitrogens is 2. The summed E-state index contributed by atoms with van der Waals surface area (Å²) in [4.78, 5) is -0.0623. The predicted octanol–water partition coefficient (Wildman–Crippen LogP) is 3.49. The Morgan fingerprint density at radius 1 is 1.20 bits per heavy atom. The molecular formula is C11H10Cl3N3O2S. The molecule has 5 nitrogen and oxygen atoms in total. The SMILES string of the molecule is Cc1nn(C)c(Cl)c1S(=O)(=O)Nc1ccc(Cl)c(Cl)c1. The first-order valence-corrected chi connectivity index (χ1v) is 8.01. The normalized spacial score (nSPS) is 11.7. The molecule has 9 heteroatoms. The second kappa shape index (κ2) is 5.44. The van der Waals surface area contributed by atoms with E-state index in [1.54, 1.807) is 14.0 Å². The van der Waals surface area contributed by atoms with Gasteiger partial charge in [0.05, 0.1) is 21.4 Å². The van der Waals surface area contributed by atoms with Crippen molar-refractivity contribution in [3.63, 3.8) is 0 Å². The molecule has 0 saturated carbocycles. The largest absolute Gasteiger partial charge is 0.279 e. The van der Waals surface area contributed by atoms with Crippen molar-refractivity contribution in [2.24, 2.45) is 7.05 Å². The van der Waals surface area contributed by atoms with Crippen LogP contribution in [0.4, 0.5) is 5.69 Å². The van der Waals surface area contributed by atoms with Crippen LogP contribution in [0.1, 0.15) is 5.69 Å². The number of anilines is 1. The molecule has 1 aromatic carbocycles. The van der Waals surface area contributed by atoms with E-state index in [1.165, 1.54) is 22.9 Å². The maximum Gasteiger partial charge on any atom is 0.266 e. The van der Waals surface area contributed by atoms with Crippen molar-refractivity contribution in [3.8, 4) is 0 Å². The molecule has 0 radical (unpaired) electrons. The molecule has 0 aliphatic heterocycles. The van der Waals surface area contributed by atoms with Crippen molar-refractivity contribution < 1.29 is 8.42 Å². The molecule has 0 bridgehead atoms. The van der Waals surface area contributed by atoms with Gasteiger partial charge in [-0.3, -0.25) is 9.40 Å². The highest BCUT2D eigenvalue weighted by atomic mass is 35.5. The van der Waals surface area contributed by atoms with E-state index in [2.05, 4.69) is 9.82 Å². The Hall–Kier alpha value is -0.950. The summed E-state index contributed by atoms with van der Waals surface area (Å²) in [6, 6.07) is 4.42. The van der Waals surface area contributed by atoms with Gasteiger partial charge < -0.3 is 0 Å². The average Bonchev–Trinajstić information content (AvgIpc) is 2.58. The molecule has 0 spiro atoms. The van der Waals surface area contributed by atoms with E-state index in [9.17, 15) is 8.42 Å². The van der Waals surface area contributed by atoms with Gasteiger partial charge in [0.15, 0.2) is 0 Å². The lowest BCUT2D eigenvalue weighted by atomic mass is 10.3. The molecule has 0 aliphatic carbocycles. The van der Waals surface area contributed by atoms with E-state index in [0.29, 0.717) is 16.4 Å². The Balaban J connectivity index is 2.43.